The molecular weight excluding hydrogens is 288 g/mol. The van der Waals surface area contributed by atoms with E-state index < -0.39 is 0 Å². The van der Waals surface area contributed by atoms with E-state index in [-0.39, 0.29) is 18.0 Å². The highest BCUT2D eigenvalue weighted by Crippen LogP contribution is 2.29. The lowest BCUT2D eigenvalue weighted by atomic mass is 9.92. The molecular formula is C18H28N4O. The molecule has 2 aliphatic carbocycles. The second-order valence-electron chi connectivity index (χ2n) is 7.51. The van der Waals surface area contributed by atoms with Gasteiger partial charge in [-0.3, -0.25) is 14.8 Å². The Bertz CT molecular complexity index is 549. The van der Waals surface area contributed by atoms with Gasteiger partial charge in [-0.1, -0.05) is 19.3 Å². The van der Waals surface area contributed by atoms with E-state index in [9.17, 15) is 4.79 Å². The molecule has 23 heavy (non-hydrogen) atoms. The number of aryl methyl sites for hydroxylation is 1. The summed E-state index contributed by atoms with van der Waals surface area (Å²) in [6.07, 6.45) is 13.6. The van der Waals surface area contributed by atoms with Crippen LogP contribution in [0.4, 0.5) is 0 Å². The summed E-state index contributed by atoms with van der Waals surface area (Å²) in [5, 5.41) is 10.5. The molecule has 5 heteroatoms. The SMILES string of the molecule is O=C(N[C@H]1CCc2[nH]ncc2C1)[C@H]1CCCCN1C1CCCC1. The number of aromatic nitrogens is 2. The highest BCUT2D eigenvalue weighted by molar-refractivity contribution is 5.82. The maximum absolute atomic E-state index is 12.9. The number of piperidine rings is 1. The summed E-state index contributed by atoms with van der Waals surface area (Å²) in [7, 11) is 0. The standard InChI is InChI=1S/C18H28N4O/c23-18(20-14-8-9-16-13(11-14)12-19-21-16)17-7-3-4-10-22(17)15-5-1-2-6-15/h12,14-15,17H,1-11H2,(H,19,21)(H,20,23)/t14-,17+/m0/s1. The van der Waals surface area contributed by atoms with Crippen LogP contribution in [0.2, 0.25) is 0 Å². The van der Waals surface area contributed by atoms with Crippen LogP contribution < -0.4 is 5.32 Å². The first-order valence-electron chi connectivity index (χ1n) is 9.38. The summed E-state index contributed by atoms with van der Waals surface area (Å²) in [4.78, 5) is 15.4. The number of carbonyl (C=O) groups excluding carboxylic acids is 1. The molecule has 1 amide bonds. The first kappa shape index (κ1) is 15.2. The van der Waals surface area contributed by atoms with Gasteiger partial charge in [0.2, 0.25) is 5.91 Å². The van der Waals surface area contributed by atoms with Gasteiger partial charge in [-0.2, -0.15) is 5.10 Å². The smallest absolute Gasteiger partial charge is 0.237 e. The van der Waals surface area contributed by atoms with E-state index in [1.807, 2.05) is 6.20 Å². The molecule has 2 N–H and O–H groups in total. The fourth-order valence-corrected chi connectivity index (χ4v) is 4.75. The quantitative estimate of drug-likeness (QED) is 0.898. The van der Waals surface area contributed by atoms with Gasteiger partial charge in [-0.05, 0) is 57.1 Å². The van der Waals surface area contributed by atoms with Gasteiger partial charge in [0.1, 0.15) is 0 Å². The van der Waals surface area contributed by atoms with Crippen LogP contribution >= 0.6 is 0 Å². The molecule has 0 radical (unpaired) electrons. The fraction of sp³-hybridized carbons (Fsp3) is 0.778. The van der Waals surface area contributed by atoms with E-state index >= 15 is 0 Å². The average Bonchev–Trinajstić information content (AvgIpc) is 3.26. The van der Waals surface area contributed by atoms with Crippen molar-refractivity contribution in [2.75, 3.05) is 6.54 Å². The Kier molecular flexibility index (Phi) is 4.38. The van der Waals surface area contributed by atoms with Crippen molar-refractivity contribution in [1.82, 2.24) is 20.4 Å². The molecule has 1 aliphatic heterocycles. The van der Waals surface area contributed by atoms with Crippen molar-refractivity contribution in [3.05, 3.63) is 17.5 Å². The van der Waals surface area contributed by atoms with Gasteiger partial charge >= 0.3 is 0 Å². The maximum Gasteiger partial charge on any atom is 0.237 e. The number of rotatable bonds is 3. The van der Waals surface area contributed by atoms with Crippen molar-refractivity contribution < 1.29 is 4.79 Å². The lowest BCUT2D eigenvalue weighted by Crippen LogP contribution is -2.55. The van der Waals surface area contributed by atoms with Gasteiger partial charge in [0, 0.05) is 17.8 Å². The number of aromatic amines is 1. The highest BCUT2D eigenvalue weighted by atomic mass is 16.2. The minimum Gasteiger partial charge on any atom is -0.352 e. The molecule has 3 aliphatic rings. The topological polar surface area (TPSA) is 61.0 Å². The van der Waals surface area contributed by atoms with Crippen LogP contribution in [0.1, 0.15) is 62.6 Å². The summed E-state index contributed by atoms with van der Waals surface area (Å²) in [6.45, 7) is 1.11. The molecule has 5 nitrogen and oxygen atoms in total. The van der Waals surface area contributed by atoms with E-state index in [2.05, 4.69) is 20.4 Å². The second kappa shape index (κ2) is 6.63. The molecule has 0 spiro atoms. The summed E-state index contributed by atoms with van der Waals surface area (Å²) >= 11 is 0. The molecule has 2 heterocycles. The lowest BCUT2D eigenvalue weighted by Gasteiger charge is -2.39. The van der Waals surface area contributed by atoms with Crippen LogP contribution in [0.5, 0.6) is 0 Å². The van der Waals surface area contributed by atoms with Crippen molar-refractivity contribution >= 4 is 5.91 Å². The van der Waals surface area contributed by atoms with Crippen LogP contribution in [0.15, 0.2) is 6.20 Å². The first-order valence-corrected chi connectivity index (χ1v) is 9.38. The Morgan fingerprint density at radius 1 is 1.17 bits per heavy atom. The van der Waals surface area contributed by atoms with Crippen molar-refractivity contribution in [1.29, 1.82) is 0 Å². The van der Waals surface area contributed by atoms with Gasteiger partial charge in [0.15, 0.2) is 0 Å². The van der Waals surface area contributed by atoms with Crippen LogP contribution in [-0.2, 0) is 17.6 Å². The summed E-state index contributed by atoms with van der Waals surface area (Å²) in [5.74, 6) is 0.272. The number of carbonyl (C=O) groups is 1. The molecule has 1 aromatic heterocycles. The number of amides is 1. The second-order valence-corrected chi connectivity index (χ2v) is 7.51. The summed E-state index contributed by atoms with van der Waals surface area (Å²) in [5.41, 5.74) is 2.53. The fourth-order valence-electron chi connectivity index (χ4n) is 4.75. The first-order chi connectivity index (χ1) is 11.3. The number of hydrogen-bond acceptors (Lipinski definition) is 3. The summed E-state index contributed by atoms with van der Waals surface area (Å²) < 4.78 is 0. The Hall–Kier alpha value is -1.36. The minimum atomic E-state index is 0.109. The maximum atomic E-state index is 12.9. The summed E-state index contributed by atoms with van der Waals surface area (Å²) in [6, 6.07) is 1.04. The van der Waals surface area contributed by atoms with Gasteiger partial charge in [-0.25, -0.2) is 0 Å². The molecule has 1 aromatic rings. The van der Waals surface area contributed by atoms with E-state index in [4.69, 9.17) is 0 Å². The van der Waals surface area contributed by atoms with Crippen LogP contribution in [0, 0.1) is 0 Å². The zero-order valence-corrected chi connectivity index (χ0v) is 13.9. The predicted octanol–water partition coefficient (Wildman–Crippen LogP) is 2.18. The molecule has 4 rings (SSSR count). The molecule has 0 bridgehead atoms. The van der Waals surface area contributed by atoms with Gasteiger partial charge < -0.3 is 5.32 Å². The molecule has 0 unspecified atom stereocenters. The predicted molar refractivity (Wildman–Crippen MR) is 89.1 cm³/mol. The van der Waals surface area contributed by atoms with Crippen molar-refractivity contribution in [3.63, 3.8) is 0 Å². The number of fused-ring (bicyclic) bond motifs is 1. The molecule has 1 saturated carbocycles. The van der Waals surface area contributed by atoms with E-state index in [1.54, 1.807) is 0 Å². The van der Waals surface area contributed by atoms with Gasteiger partial charge in [0.25, 0.3) is 0 Å². The normalized spacial score (nSPS) is 29.4. The third-order valence-corrected chi connectivity index (χ3v) is 6.00. The van der Waals surface area contributed by atoms with Gasteiger partial charge in [-0.15, -0.1) is 0 Å². The minimum absolute atomic E-state index is 0.109. The van der Waals surface area contributed by atoms with Crippen molar-refractivity contribution in [2.24, 2.45) is 0 Å². The third kappa shape index (κ3) is 3.16. The van der Waals surface area contributed by atoms with Crippen molar-refractivity contribution in [2.45, 2.75) is 82.3 Å². The lowest BCUT2D eigenvalue weighted by molar-refractivity contribution is -0.129. The highest BCUT2D eigenvalue weighted by Gasteiger charge is 2.35. The number of nitrogens with one attached hydrogen (secondary N) is 2. The molecule has 2 atom stereocenters. The zero-order valence-electron chi connectivity index (χ0n) is 13.9. The average molecular weight is 316 g/mol. The number of nitrogens with zero attached hydrogens (tertiary/aromatic N) is 2. The van der Waals surface area contributed by atoms with Crippen LogP contribution in [0.3, 0.4) is 0 Å². The number of H-pyrrole nitrogens is 1. The van der Waals surface area contributed by atoms with Crippen molar-refractivity contribution in [3.8, 4) is 0 Å². The number of hydrogen-bond donors (Lipinski definition) is 2. The van der Waals surface area contributed by atoms with Crippen LogP contribution in [-0.4, -0.2) is 45.7 Å². The van der Waals surface area contributed by atoms with E-state index in [0.717, 1.165) is 32.2 Å². The van der Waals surface area contributed by atoms with Crippen LogP contribution in [0.25, 0.3) is 0 Å². The Labute approximate surface area is 138 Å². The number of likely N-dealkylation sites (tertiary alicyclic amines) is 1. The molecule has 1 saturated heterocycles. The Balaban J connectivity index is 1.39. The Morgan fingerprint density at radius 2 is 2.00 bits per heavy atom. The van der Waals surface area contributed by atoms with E-state index in [1.165, 1.54) is 49.8 Å². The van der Waals surface area contributed by atoms with E-state index in [0.29, 0.717) is 6.04 Å². The largest absolute Gasteiger partial charge is 0.352 e. The third-order valence-electron chi connectivity index (χ3n) is 6.00. The monoisotopic (exact) mass is 316 g/mol. The molecule has 126 valence electrons. The zero-order chi connectivity index (χ0) is 15.6. The Morgan fingerprint density at radius 3 is 2.87 bits per heavy atom. The van der Waals surface area contributed by atoms with Gasteiger partial charge in [0.05, 0.1) is 12.2 Å². The molecule has 2 fully saturated rings. The molecule has 0 aromatic carbocycles.